The van der Waals surface area contributed by atoms with Crippen LogP contribution in [0.3, 0.4) is 0 Å². The number of carbonyl (C=O) groups is 3. The first-order valence-electron chi connectivity index (χ1n) is 3.94. The third-order valence-electron chi connectivity index (χ3n) is 2.03. The third kappa shape index (κ3) is 1.23. The average molecular weight is 207 g/mol. The van der Waals surface area contributed by atoms with Crippen LogP contribution in [0.4, 0.5) is 5.69 Å². The number of hydrogen-bond acceptors (Lipinski definition) is 5. The molecule has 2 rings (SSSR count). The number of carboxylic acid groups (broad SMARTS) is 1. The van der Waals surface area contributed by atoms with Gasteiger partial charge in [0.2, 0.25) is 0 Å². The van der Waals surface area contributed by atoms with E-state index in [1.54, 1.807) is 0 Å². The Hall–Kier alpha value is -2.37. The van der Waals surface area contributed by atoms with Crippen LogP contribution in [0.2, 0.25) is 0 Å². The highest BCUT2D eigenvalue weighted by Crippen LogP contribution is 2.27. The first kappa shape index (κ1) is 9.20. The maximum Gasteiger partial charge on any atom is 0.349 e. The van der Waals surface area contributed by atoms with Crippen molar-refractivity contribution in [2.24, 2.45) is 0 Å². The topological polar surface area (TPSA) is 107 Å². The van der Waals surface area contributed by atoms with E-state index in [4.69, 9.17) is 10.8 Å². The number of ether oxygens (including phenoxy) is 1. The summed E-state index contributed by atoms with van der Waals surface area (Å²) in [6, 6.07) is 2.18. The lowest BCUT2D eigenvalue weighted by Gasteiger charge is -2.00. The van der Waals surface area contributed by atoms with Gasteiger partial charge in [0.1, 0.15) is 0 Å². The number of esters is 2. The number of nitrogens with two attached hydrogens (primary N) is 1. The second kappa shape index (κ2) is 2.81. The van der Waals surface area contributed by atoms with Gasteiger partial charge in [-0.05, 0) is 12.1 Å². The van der Waals surface area contributed by atoms with Gasteiger partial charge >= 0.3 is 17.9 Å². The summed E-state index contributed by atoms with van der Waals surface area (Å²) in [5.74, 6) is -2.94. The number of carbonyl (C=O) groups excluding carboxylic acids is 2. The first-order chi connectivity index (χ1) is 7.00. The molecule has 15 heavy (non-hydrogen) atoms. The fourth-order valence-electron chi connectivity index (χ4n) is 1.37. The Morgan fingerprint density at radius 3 is 2.53 bits per heavy atom. The van der Waals surface area contributed by atoms with E-state index < -0.39 is 17.9 Å². The largest absolute Gasteiger partial charge is 0.478 e. The molecule has 1 heterocycles. The van der Waals surface area contributed by atoms with Gasteiger partial charge in [-0.1, -0.05) is 0 Å². The van der Waals surface area contributed by atoms with Gasteiger partial charge < -0.3 is 15.6 Å². The molecule has 1 aromatic carbocycles. The van der Waals surface area contributed by atoms with Gasteiger partial charge in [0, 0.05) is 5.69 Å². The van der Waals surface area contributed by atoms with Crippen LogP contribution >= 0.6 is 0 Å². The van der Waals surface area contributed by atoms with Crippen LogP contribution in [0.5, 0.6) is 0 Å². The lowest BCUT2D eigenvalue weighted by Crippen LogP contribution is -2.04. The molecule has 0 atom stereocenters. The van der Waals surface area contributed by atoms with Crippen LogP contribution in [0.25, 0.3) is 0 Å². The molecule has 0 aromatic heterocycles. The minimum Gasteiger partial charge on any atom is -0.478 e. The van der Waals surface area contributed by atoms with E-state index in [9.17, 15) is 14.4 Å². The number of benzene rings is 1. The summed E-state index contributed by atoms with van der Waals surface area (Å²) in [7, 11) is 0. The molecule has 0 bridgehead atoms. The number of hydrogen-bond donors (Lipinski definition) is 2. The lowest BCUT2D eigenvalue weighted by atomic mass is 10.0. The van der Waals surface area contributed by atoms with Crippen LogP contribution in [-0.2, 0) is 4.74 Å². The van der Waals surface area contributed by atoms with E-state index in [2.05, 4.69) is 4.74 Å². The second-order valence-electron chi connectivity index (χ2n) is 2.97. The van der Waals surface area contributed by atoms with Gasteiger partial charge in [-0.25, -0.2) is 14.4 Å². The minimum absolute atomic E-state index is 0.0648. The summed E-state index contributed by atoms with van der Waals surface area (Å²) in [6.07, 6.45) is 0. The monoisotopic (exact) mass is 207 g/mol. The van der Waals surface area contributed by atoms with Crippen molar-refractivity contribution in [1.82, 2.24) is 0 Å². The van der Waals surface area contributed by atoms with Crippen molar-refractivity contribution in [2.75, 3.05) is 5.73 Å². The average Bonchev–Trinajstić information content (AvgIpc) is 2.42. The molecule has 0 fully saturated rings. The van der Waals surface area contributed by atoms with Crippen molar-refractivity contribution < 1.29 is 24.2 Å². The van der Waals surface area contributed by atoms with Gasteiger partial charge in [-0.15, -0.1) is 0 Å². The molecule has 1 aliphatic heterocycles. The van der Waals surface area contributed by atoms with Gasteiger partial charge in [-0.2, -0.15) is 0 Å². The summed E-state index contributed by atoms with van der Waals surface area (Å²) in [5.41, 5.74) is 5.06. The number of cyclic esters (lactones) is 2. The standard InChI is InChI=1S/C9H5NO5/c10-5-2-3(7(11)12)1-4-6(5)9(14)15-8(4)13/h1-2H,10H2,(H,11,12). The number of fused-ring (bicyclic) bond motifs is 1. The van der Waals surface area contributed by atoms with Crippen LogP contribution in [0.1, 0.15) is 31.1 Å². The van der Waals surface area contributed by atoms with Crippen LogP contribution < -0.4 is 5.73 Å². The smallest absolute Gasteiger partial charge is 0.349 e. The number of anilines is 1. The Bertz CT molecular complexity index is 505. The summed E-state index contributed by atoms with van der Waals surface area (Å²) in [6.45, 7) is 0. The Morgan fingerprint density at radius 2 is 1.93 bits per heavy atom. The number of nitrogen functional groups attached to an aromatic ring is 1. The molecule has 1 aromatic rings. The van der Waals surface area contributed by atoms with E-state index in [0.717, 1.165) is 12.1 Å². The molecule has 0 saturated heterocycles. The van der Waals surface area contributed by atoms with Crippen molar-refractivity contribution in [1.29, 1.82) is 0 Å². The number of aromatic carboxylic acids is 1. The summed E-state index contributed by atoms with van der Waals surface area (Å²) in [5, 5.41) is 8.70. The molecule has 3 N–H and O–H groups in total. The minimum atomic E-state index is -1.23. The van der Waals surface area contributed by atoms with Crippen molar-refractivity contribution in [3.8, 4) is 0 Å². The summed E-state index contributed by atoms with van der Waals surface area (Å²) in [4.78, 5) is 32.9. The van der Waals surface area contributed by atoms with E-state index >= 15 is 0 Å². The van der Waals surface area contributed by atoms with Gasteiger partial charge in [0.25, 0.3) is 0 Å². The van der Waals surface area contributed by atoms with E-state index in [0.29, 0.717) is 0 Å². The fraction of sp³-hybridized carbons (Fsp3) is 0. The SMILES string of the molecule is Nc1cc(C(=O)O)cc2c1C(=O)OC2=O. The van der Waals surface area contributed by atoms with Crippen molar-refractivity contribution in [3.05, 3.63) is 28.8 Å². The Kier molecular flexibility index (Phi) is 1.72. The predicted molar refractivity (Wildman–Crippen MR) is 47.6 cm³/mol. The highest BCUT2D eigenvalue weighted by atomic mass is 16.6. The highest BCUT2D eigenvalue weighted by Gasteiger charge is 2.32. The molecule has 76 valence electrons. The van der Waals surface area contributed by atoms with Crippen molar-refractivity contribution >= 4 is 23.6 Å². The van der Waals surface area contributed by atoms with Gasteiger partial charge in [0.15, 0.2) is 0 Å². The van der Waals surface area contributed by atoms with Crippen LogP contribution in [0.15, 0.2) is 12.1 Å². The van der Waals surface area contributed by atoms with E-state index in [1.807, 2.05) is 0 Å². The Morgan fingerprint density at radius 1 is 1.27 bits per heavy atom. The molecular weight excluding hydrogens is 202 g/mol. The van der Waals surface area contributed by atoms with E-state index in [1.165, 1.54) is 0 Å². The molecule has 0 amide bonds. The Balaban J connectivity index is 2.71. The molecule has 0 radical (unpaired) electrons. The zero-order chi connectivity index (χ0) is 11.2. The molecule has 6 heteroatoms. The lowest BCUT2D eigenvalue weighted by molar-refractivity contribution is 0.0444. The van der Waals surface area contributed by atoms with Gasteiger partial charge in [0.05, 0.1) is 16.7 Å². The summed E-state index contributed by atoms with van der Waals surface area (Å²) >= 11 is 0. The maximum absolute atomic E-state index is 11.1. The normalized spacial score (nSPS) is 13.6. The zero-order valence-electron chi connectivity index (χ0n) is 7.31. The molecule has 1 aliphatic rings. The van der Waals surface area contributed by atoms with Gasteiger partial charge in [-0.3, -0.25) is 0 Å². The van der Waals surface area contributed by atoms with Crippen molar-refractivity contribution in [3.63, 3.8) is 0 Å². The van der Waals surface area contributed by atoms with Crippen LogP contribution in [0, 0.1) is 0 Å². The second-order valence-corrected chi connectivity index (χ2v) is 2.97. The zero-order valence-corrected chi connectivity index (χ0v) is 7.31. The van der Waals surface area contributed by atoms with Crippen LogP contribution in [-0.4, -0.2) is 23.0 Å². The molecular formula is C9H5NO5. The number of carboxylic acids is 1. The molecule has 0 aliphatic carbocycles. The highest BCUT2D eigenvalue weighted by molar-refractivity contribution is 6.18. The maximum atomic E-state index is 11.1. The van der Waals surface area contributed by atoms with E-state index in [-0.39, 0.29) is 22.4 Å². The molecule has 0 saturated carbocycles. The fourth-order valence-corrected chi connectivity index (χ4v) is 1.37. The first-order valence-corrected chi connectivity index (χ1v) is 3.94. The van der Waals surface area contributed by atoms with Crippen molar-refractivity contribution in [2.45, 2.75) is 0 Å². The molecule has 0 unspecified atom stereocenters. The number of rotatable bonds is 1. The predicted octanol–water partition coefficient (Wildman–Crippen LogP) is 0.278. The Labute approximate surface area is 83.3 Å². The molecule has 6 nitrogen and oxygen atoms in total. The quantitative estimate of drug-likeness (QED) is 0.389. The third-order valence-corrected chi connectivity index (χ3v) is 2.03. The summed E-state index contributed by atoms with van der Waals surface area (Å²) < 4.78 is 4.30. The molecule has 0 spiro atoms.